The third kappa shape index (κ3) is 4.69. The zero-order valence-electron chi connectivity index (χ0n) is 15.0. The molecule has 26 heavy (non-hydrogen) atoms. The minimum absolute atomic E-state index is 0.0780. The van der Waals surface area contributed by atoms with E-state index in [0.717, 1.165) is 12.8 Å². The summed E-state index contributed by atoms with van der Waals surface area (Å²) < 4.78 is 5.10. The van der Waals surface area contributed by atoms with Crippen molar-refractivity contribution in [1.29, 1.82) is 0 Å². The van der Waals surface area contributed by atoms with Gasteiger partial charge in [0.2, 0.25) is 0 Å². The van der Waals surface area contributed by atoms with E-state index in [1.165, 1.54) is 5.56 Å². The van der Waals surface area contributed by atoms with E-state index in [4.69, 9.17) is 4.74 Å². The van der Waals surface area contributed by atoms with Crippen LogP contribution in [0.4, 0.5) is 0 Å². The monoisotopic (exact) mass is 352 g/mol. The van der Waals surface area contributed by atoms with Crippen LogP contribution in [0.25, 0.3) is 0 Å². The predicted molar refractivity (Wildman–Crippen MR) is 98.5 cm³/mol. The molecule has 0 spiro atoms. The molecule has 5 heteroatoms. The van der Waals surface area contributed by atoms with Gasteiger partial charge in [0, 0.05) is 19.3 Å². The summed E-state index contributed by atoms with van der Waals surface area (Å²) >= 11 is 0. The fourth-order valence-corrected chi connectivity index (χ4v) is 3.11. The molecule has 1 saturated carbocycles. The Bertz CT molecular complexity index is 733. The summed E-state index contributed by atoms with van der Waals surface area (Å²) in [7, 11) is 0. The van der Waals surface area contributed by atoms with Crippen LogP contribution < -0.4 is 0 Å². The van der Waals surface area contributed by atoms with Gasteiger partial charge in [-0.3, -0.25) is 14.6 Å². The van der Waals surface area contributed by atoms with Gasteiger partial charge in [0.1, 0.15) is 5.69 Å². The second-order valence-electron chi connectivity index (χ2n) is 6.56. The maximum absolute atomic E-state index is 12.9. The van der Waals surface area contributed by atoms with E-state index in [2.05, 4.69) is 17.1 Å². The van der Waals surface area contributed by atoms with Crippen molar-refractivity contribution < 1.29 is 14.3 Å². The first-order chi connectivity index (χ1) is 12.7. The van der Waals surface area contributed by atoms with Crippen molar-refractivity contribution in [1.82, 2.24) is 9.88 Å². The Kier molecular flexibility index (Phi) is 6.00. The van der Waals surface area contributed by atoms with Gasteiger partial charge in [-0.25, -0.2) is 0 Å². The van der Waals surface area contributed by atoms with Crippen molar-refractivity contribution in [3.63, 3.8) is 0 Å². The van der Waals surface area contributed by atoms with Crippen LogP contribution in [0.1, 0.15) is 29.4 Å². The molecule has 1 aromatic heterocycles. The van der Waals surface area contributed by atoms with Gasteiger partial charge < -0.3 is 9.64 Å². The van der Waals surface area contributed by atoms with Crippen LogP contribution in [0.15, 0.2) is 54.7 Å². The molecule has 136 valence electrons. The molecule has 0 N–H and O–H groups in total. The largest absolute Gasteiger partial charge is 0.466 e. The second-order valence-corrected chi connectivity index (χ2v) is 6.56. The van der Waals surface area contributed by atoms with Crippen molar-refractivity contribution in [2.75, 3.05) is 19.7 Å². The molecule has 0 bridgehead atoms. The molecular formula is C21H24N2O3. The van der Waals surface area contributed by atoms with E-state index in [0.29, 0.717) is 25.4 Å². The lowest BCUT2D eigenvalue weighted by Crippen LogP contribution is -2.35. The number of benzene rings is 1. The number of rotatable bonds is 8. The van der Waals surface area contributed by atoms with Crippen LogP contribution in [0.3, 0.4) is 0 Å². The molecular weight excluding hydrogens is 328 g/mol. The number of hydrogen-bond acceptors (Lipinski definition) is 4. The lowest BCUT2D eigenvalue weighted by molar-refractivity contribution is -0.145. The van der Waals surface area contributed by atoms with Gasteiger partial charge in [-0.2, -0.15) is 0 Å². The number of aromatic nitrogens is 1. The Hall–Kier alpha value is -2.69. The number of nitrogens with zero attached hydrogens (tertiary/aromatic N) is 2. The van der Waals surface area contributed by atoms with E-state index in [1.54, 1.807) is 18.3 Å². The summed E-state index contributed by atoms with van der Waals surface area (Å²) in [6, 6.07) is 15.4. The predicted octanol–water partition coefficient (Wildman–Crippen LogP) is 2.97. The molecule has 1 heterocycles. The molecule has 5 nitrogen and oxygen atoms in total. The summed E-state index contributed by atoms with van der Waals surface area (Å²) in [4.78, 5) is 30.8. The lowest BCUT2D eigenvalue weighted by atomic mass is 10.1. The Balaban J connectivity index is 1.66. The fourth-order valence-electron chi connectivity index (χ4n) is 3.11. The van der Waals surface area contributed by atoms with E-state index < -0.39 is 0 Å². The smallest absolute Gasteiger partial charge is 0.309 e. The molecule has 0 radical (unpaired) electrons. The molecule has 1 aliphatic carbocycles. The zero-order valence-corrected chi connectivity index (χ0v) is 15.0. The highest BCUT2D eigenvalue weighted by atomic mass is 16.5. The number of hydrogen-bond donors (Lipinski definition) is 0. The van der Waals surface area contributed by atoms with Crippen molar-refractivity contribution in [2.24, 2.45) is 11.8 Å². The average Bonchev–Trinajstić information content (AvgIpc) is 3.46. The standard InChI is InChI=1S/C21H24N2O3/c1-2-26-21(25)18-14-17(18)15-23(13-11-16-8-4-3-5-9-16)20(24)19-10-6-7-12-22-19/h3-10,12,17-18H,2,11,13-15H2,1H3/t17-,18-/m0/s1. The number of ether oxygens (including phenoxy) is 1. The molecule has 2 atom stereocenters. The number of esters is 1. The van der Waals surface area contributed by atoms with Crippen molar-refractivity contribution in [3.05, 3.63) is 66.0 Å². The summed E-state index contributed by atoms with van der Waals surface area (Å²) in [5.41, 5.74) is 1.62. The summed E-state index contributed by atoms with van der Waals surface area (Å²) in [5.74, 6) is -0.134. The Labute approximate surface area is 154 Å². The molecule has 3 rings (SSSR count). The topological polar surface area (TPSA) is 59.5 Å². The highest BCUT2D eigenvalue weighted by Crippen LogP contribution is 2.40. The van der Waals surface area contributed by atoms with Gasteiger partial charge in [0.05, 0.1) is 12.5 Å². The highest BCUT2D eigenvalue weighted by Gasteiger charge is 2.45. The van der Waals surface area contributed by atoms with Gasteiger partial charge in [-0.05, 0) is 43.4 Å². The summed E-state index contributed by atoms with van der Waals surface area (Å²) in [6.07, 6.45) is 3.19. The quantitative estimate of drug-likeness (QED) is 0.686. The third-order valence-corrected chi connectivity index (χ3v) is 4.65. The molecule has 1 aliphatic rings. The van der Waals surface area contributed by atoms with Crippen LogP contribution in [-0.2, 0) is 16.0 Å². The van der Waals surface area contributed by atoms with Crippen LogP contribution in [0.5, 0.6) is 0 Å². The van der Waals surface area contributed by atoms with E-state index >= 15 is 0 Å². The van der Waals surface area contributed by atoms with E-state index in [9.17, 15) is 9.59 Å². The van der Waals surface area contributed by atoms with Gasteiger partial charge >= 0.3 is 5.97 Å². The molecule has 2 aromatic rings. The molecule has 0 unspecified atom stereocenters. The van der Waals surface area contributed by atoms with Crippen molar-refractivity contribution in [2.45, 2.75) is 19.8 Å². The minimum atomic E-state index is -0.147. The maximum Gasteiger partial charge on any atom is 0.309 e. The van der Waals surface area contributed by atoms with Gasteiger partial charge in [0.25, 0.3) is 5.91 Å². The van der Waals surface area contributed by atoms with E-state index in [1.807, 2.05) is 36.1 Å². The Morgan fingerprint density at radius 1 is 1.15 bits per heavy atom. The maximum atomic E-state index is 12.9. The minimum Gasteiger partial charge on any atom is -0.466 e. The number of carbonyl (C=O) groups excluding carboxylic acids is 2. The van der Waals surface area contributed by atoms with Crippen molar-refractivity contribution >= 4 is 11.9 Å². The third-order valence-electron chi connectivity index (χ3n) is 4.65. The van der Waals surface area contributed by atoms with Crippen LogP contribution in [0.2, 0.25) is 0 Å². The molecule has 0 aliphatic heterocycles. The number of pyridine rings is 1. The SMILES string of the molecule is CCOC(=O)[C@H]1C[C@H]1CN(CCc1ccccc1)C(=O)c1ccccn1. The first-order valence-corrected chi connectivity index (χ1v) is 9.10. The lowest BCUT2D eigenvalue weighted by Gasteiger charge is -2.22. The fraction of sp³-hybridized carbons (Fsp3) is 0.381. The molecule has 1 amide bonds. The Morgan fingerprint density at radius 3 is 2.62 bits per heavy atom. The van der Waals surface area contributed by atoms with Gasteiger partial charge in [-0.15, -0.1) is 0 Å². The van der Waals surface area contributed by atoms with Gasteiger partial charge in [0.15, 0.2) is 0 Å². The average molecular weight is 352 g/mol. The van der Waals surface area contributed by atoms with E-state index in [-0.39, 0.29) is 23.7 Å². The zero-order chi connectivity index (χ0) is 18.4. The van der Waals surface area contributed by atoms with Crippen LogP contribution >= 0.6 is 0 Å². The van der Waals surface area contributed by atoms with Gasteiger partial charge in [-0.1, -0.05) is 36.4 Å². The first-order valence-electron chi connectivity index (χ1n) is 9.10. The summed E-state index contributed by atoms with van der Waals surface area (Å²) in [5, 5.41) is 0. The molecule has 0 saturated heterocycles. The van der Waals surface area contributed by atoms with Crippen molar-refractivity contribution in [3.8, 4) is 0 Å². The normalized spacial score (nSPS) is 18.2. The number of carbonyl (C=O) groups is 2. The highest BCUT2D eigenvalue weighted by molar-refractivity contribution is 5.92. The molecule has 1 aromatic carbocycles. The second kappa shape index (κ2) is 8.61. The van der Waals surface area contributed by atoms with Crippen LogP contribution in [0, 0.1) is 11.8 Å². The summed E-state index contributed by atoms with van der Waals surface area (Å²) in [6.45, 7) is 3.37. The van der Waals surface area contributed by atoms with Crippen LogP contribution in [-0.4, -0.2) is 41.5 Å². The number of amides is 1. The molecule has 1 fully saturated rings. The Morgan fingerprint density at radius 2 is 1.92 bits per heavy atom. The first kappa shape index (κ1) is 18.1.